The van der Waals surface area contributed by atoms with Gasteiger partial charge in [-0.3, -0.25) is 0 Å². The van der Waals surface area contributed by atoms with E-state index in [4.69, 9.17) is 4.98 Å². The van der Waals surface area contributed by atoms with Crippen molar-refractivity contribution in [2.24, 2.45) is 0 Å². The summed E-state index contributed by atoms with van der Waals surface area (Å²) in [6.45, 7) is 3.53. The fraction of sp³-hybridized carbons (Fsp3) is 0.409. The van der Waals surface area contributed by atoms with E-state index in [9.17, 15) is 13.2 Å². The summed E-state index contributed by atoms with van der Waals surface area (Å²) in [5.74, 6) is 0.416. The van der Waals surface area contributed by atoms with Crippen LogP contribution in [0, 0.1) is 0 Å². The van der Waals surface area contributed by atoms with Crippen molar-refractivity contribution in [1.29, 1.82) is 0 Å². The third-order valence-electron chi connectivity index (χ3n) is 5.83. The van der Waals surface area contributed by atoms with Crippen LogP contribution < -0.4 is 4.90 Å². The summed E-state index contributed by atoms with van der Waals surface area (Å²) in [6, 6.07) is 5.42. The molecule has 0 amide bonds. The molecule has 0 bridgehead atoms. The minimum atomic E-state index is -4.40. The lowest BCUT2D eigenvalue weighted by Crippen LogP contribution is -2.44. The van der Waals surface area contributed by atoms with Crippen LogP contribution in [0.5, 0.6) is 0 Å². The molecule has 0 N–H and O–H groups in total. The molecule has 162 valence electrons. The average Bonchev–Trinajstić information content (AvgIpc) is 3.52. The molecule has 2 aromatic heterocycles. The van der Waals surface area contributed by atoms with Crippen LogP contribution in [0.15, 0.2) is 36.8 Å². The number of aromatic nitrogens is 3. The number of halogens is 3. The van der Waals surface area contributed by atoms with Gasteiger partial charge in [-0.2, -0.15) is 13.2 Å². The predicted octanol–water partition coefficient (Wildman–Crippen LogP) is 4.92. The zero-order chi connectivity index (χ0) is 21.6. The summed E-state index contributed by atoms with van der Waals surface area (Å²) in [5, 5.41) is 0.830. The SMILES string of the molecule is CN1CCN(c2nc(-c3cccc(C(F)(F)F)c3)c(-c3ncncc3C3CC3)s2)CC1. The van der Waals surface area contributed by atoms with Crippen LogP contribution in [0.3, 0.4) is 0 Å². The van der Waals surface area contributed by atoms with E-state index in [-0.39, 0.29) is 0 Å². The van der Waals surface area contributed by atoms with Crippen LogP contribution in [0.25, 0.3) is 21.8 Å². The quantitative estimate of drug-likeness (QED) is 0.571. The summed E-state index contributed by atoms with van der Waals surface area (Å²) in [6.07, 6.45) is 1.12. The standard InChI is InChI=1S/C22H22F3N5S/c1-29-7-9-30(10-8-29)21-28-18(15-3-2-4-16(11-15)22(23,24)25)20(31-21)19-17(14-5-6-14)12-26-13-27-19/h2-4,11-14H,5-10H2,1H3. The summed E-state index contributed by atoms with van der Waals surface area (Å²) < 4.78 is 40.1. The highest BCUT2D eigenvalue weighted by molar-refractivity contribution is 7.19. The van der Waals surface area contributed by atoms with Crippen LogP contribution in [-0.2, 0) is 6.18 Å². The van der Waals surface area contributed by atoms with Crippen LogP contribution in [0.1, 0.15) is 29.9 Å². The fourth-order valence-corrected chi connectivity index (χ4v) is 5.02. The molecule has 2 aliphatic rings. The van der Waals surface area contributed by atoms with E-state index in [2.05, 4.69) is 26.8 Å². The molecule has 0 spiro atoms. The molecule has 0 radical (unpaired) electrons. The zero-order valence-electron chi connectivity index (χ0n) is 17.1. The third-order valence-corrected chi connectivity index (χ3v) is 6.95. The second kappa shape index (κ2) is 7.87. The third kappa shape index (κ3) is 4.16. The lowest BCUT2D eigenvalue weighted by Gasteiger charge is -2.32. The molecule has 1 saturated carbocycles. The van der Waals surface area contributed by atoms with Gasteiger partial charge in [-0.05, 0) is 37.9 Å². The zero-order valence-corrected chi connectivity index (χ0v) is 17.9. The lowest BCUT2D eigenvalue weighted by atomic mass is 10.0. The van der Waals surface area contributed by atoms with Crippen molar-refractivity contribution in [3.63, 3.8) is 0 Å². The Balaban J connectivity index is 1.63. The Bertz CT molecular complexity index is 1080. The average molecular weight is 446 g/mol. The van der Waals surface area contributed by atoms with Gasteiger partial charge in [-0.1, -0.05) is 23.5 Å². The Labute approximate surface area is 182 Å². The topological polar surface area (TPSA) is 45.2 Å². The molecule has 1 aromatic carbocycles. The van der Waals surface area contributed by atoms with Gasteiger partial charge >= 0.3 is 6.18 Å². The molecule has 31 heavy (non-hydrogen) atoms. The van der Waals surface area contributed by atoms with Gasteiger partial charge in [0, 0.05) is 43.5 Å². The summed E-state index contributed by atoms with van der Waals surface area (Å²) in [7, 11) is 2.08. The maximum Gasteiger partial charge on any atom is 0.416 e. The Kier molecular flexibility index (Phi) is 5.18. The van der Waals surface area contributed by atoms with E-state index in [1.807, 2.05) is 6.20 Å². The highest BCUT2D eigenvalue weighted by Gasteiger charge is 2.33. The van der Waals surface area contributed by atoms with Crippen molar-refractivity contribution in [2.75, 3.05) is 38.1 Å². The summed E-state index contributed by atoms with van der Waals surface area (Å²) in [4.78, 5) is 18.9. The number of thiazole rings is 1. The maximum atomic E-state index is 13.4. The molecule has 5 nitrogen and oxygen atoms in total. The van der Waals surface area contributed by atoms with Gasteiger partial charge in [0.2, 0.25) is 0 Å². The first-order chi connectivity index (χ1) is 14.9. The Morgan fingerprint density at radius 2 is 1.84 bits per heavy atom. The van der Waals surface area contributed by atoms with Crippen LogP contribution >= 0.6 is 11.3 Å². The van der Waals surface area contributed by atoms with Crippen LogP contribution in [0.4, 0.5) is 18.3 Å². The first-order valence-corrected chi connectivity index (χ1v) is 11.1. The van der Waals surface area contributed by atoms with Gasteiger partial charge in [0.25, 0.3) is 0 Å². The van der Waals surface area contributed by atoms with E-state index in [0.717, 1.165) is 66.4 Å². The van der Waals surface area contributed by atoms with Gasteiger partial charge in [0.05, 0.1) is 21.8 Å². The second-order valence-corrected chi connectivity index (χ2v) is 9.12. The molecule has 0 unspecified atom stereocenters. The number of hydrogen-bond donors (Lipinski definition) is 0. The minimum absolute atomic E-state index is 0.416. The Hall–Kier alpha value is -2.52. The summed E-state index contributed by atoms with van der Waals surface area (Å²) >= 11 is 1.51. The van der Waals surface area contributed by atoms with Gasteiger partial charge in [0.1, 0.15) is 6.33 Å². The normalized spacial score (nSPS) is 17.9. The second-order valence-electron chi connectivity index (χ2n) is 8.14. The van der Waals surface area contributed by atoms with Gasteiger partial charge < -0.3 is 9.80 Å². The number of benzene rings is 1. The van der Waals surface area contributed by atoms with E-state index in [0.29, 0.717) is 17.2 Å². The van der Waals surface area contributed by atoms with E-state index < -0.39 is 11.7 Å². The van der Waals surface area contributed by atoms with E-state index in [1.54, 1.807) is 6.07 Å². The van der Waals surface area contributed by atoms with Gasteiger partial charge in [-0.25, -0.2) is 15.0 Å². The van der Waals surface area contributed by atoms with Gasteiger partial charge in [0.15, 0.2) is 5.13 Å². The lowest BCUT2D eigenvalue weighted by molar-refractivity contribution is -0.137. The Morgan fingerprint density at radius 1 is 1.06 bits per heavy atom. The number of hydrogen-bond acceptors (Lipinski definition) is 6. The fourth-order valence-electron chi connectivity index (χ4n) is 3.86. The maximum absolute atomic E-state index is 13.4. The van der Waals surface area contributed by atoms with E-state index >= 15 is 0 Å². The largest absolute Gasteiger partial charge is 0.416 e. The number of piperazine rings is 1. The summed E-state index contributed by atoms with van der Waals surface area (Å²) in [5.41, 5.74) is 2.20. The van der Waals surface area contributed by atoms with Crippen molar-refractivity contribution in [3.8, 4) is 21.8 Å². The molecule has 0 atom stereocenters. The predicted molar refractivity (Wildman–Crippen MR) is 115 cm³/mol. The van der Waals surface area contributed by atoms with Crippen molar-refractivity contribution >= 4 is 16.5 Å². The van der Waals surface area contributed by atoms with Crippen LogP contribution in [0.2, 0.25) is 0 Å². The van der Waals surface area contributed by atoms with Crippen molar-refractivity contribution in [2.45, 2.75) is 24.9 Å². The molecule has 1 aliphatic heterocycles. The van der Waals surface area contributed by atoms with Crippen molar-refractivity contribution < 1.29 is 13.2 Å². The molecule has 3 aromatic rings. The van der Waals surface area contributed by atoms with Crippen LogP contribution in [-0.4, -0.2) is 53.1 Å². The van der Waals surface area contributed by atoms with E-state index in [1.165, 1.54) is 29.8 Å². The van der Waals surface area contributed by atoms with Crippen molar-refractivity contribution in [3.05, 3.63) is 47.9 Å². The molecular weight excluding hydrogens is 423 g/mol. The molecule has 3 heterocycles. The smallest absolute Gasteiger partial charge is 0.345 e. The first kappa shape index (κ1) is 20.4. The number of anilines is 1. The first-order valence-electron chi connectivity index (χ1n) is 10.3. The molecular formula is C22H22F3N5S. The molecule has 1 aliphatic carbocycles. The van der Waals surface area contributed by atoms with Crippen molar-refractivity contribution in [1.82, 2.24) is 19.9 Å². The molecule has 2 fully saturated rings. The Morgan fingerprint density at radius 3 is 2.55 bits per heavy atom. The monoisotopic (exact) mass is 445 g/mol. The molecule has 9 heteroatoms. The molecule has 1 saturated heterocycles. The highest BCUT2D eigenvalue weighted by atomic mass is 32.1. The number of alkyl halides is 3. The number of rotatable bonds is 4. The molecule has 5 rings (SSSR count). The van der Waals surface area contributed by atoms with Gasteiger partial charge in [-0.15, -0.1) is 0 Å². The number of likely N-dealkylation sites (N-methyl/N-ethyl adjacent to an activating group) is 1. The minimum Gasteiger partial charge on any atom is -0.345 e. The highest BCUT2D eigenvalue weighted by Crippen LogP contribution is 2.48. The number of nitrogens with zero attached hydrogens (tertiary/aromatic N) is 5.